The molecule has 232 valence electrons. The number of alkyl carbamates (subject to hydrolysis) is 1. The van der Waals surface area contributed by atoms with E-state index in [0.29, 0.717) is 24.9 Å². The van der Waals surface area contributed by atoms with Crippen molar-refractivity contribution in [2.75, 3.05) is 19.7 Å². The summed E-state index contributed by atoms with van der Waals surface area (Å²) in [5, 5.41) is 5.64. The van der Waals surface area contributed by atoms with Gasteiger partial charge >= 0.3 is 12.1 Å². The van der Waals surface area contributed by atoms with Crippen molar-refractivity contribution in [3.8, 4) is 0 Å². The van der Waals surface area contributed by atoms with Crippen molar-refractivity contribution in [3.05, 3.63) is 34.9 Å². The maximum absolute atomic E-state index is 14.3. The molecule has 0 saturated heterocycles. The average molecular weight is 576 g/mol. The lowest BCUT2D eigenvalue weighted by atomic mass is 9.95. The fourth-order valence-electron chi connectivity index (χ4n) is 4.62. The van der Waals surface area contributed by atoms with E-state index in [2.05, 4.69) is 17.6 Å². The van der Waals surface area contributed by atoms with E-state index >= 15 is 0 Å². The second-order valence-corrected chi connectivity index (χ2v) is 12.0. The Balaban J connectivity index is 3.51. The highest BCUT2D eigenvalue weighted by molar-refractivity contribution is 5.92. The monoisotopic (exact) mass is 575 g/mol. The molecule has 1 rings (SSSR count). The van der Waals surface area contributed by atoms with E-state index in [1.165, 1.54) is 0 Å². The first-order chi connectivity index (χ1) is 19.2. The summed E-state index contributed by atoms with van der Waals surface area (Å²) in [6, 6.07) is 3.97. The normalized spacial score (nSPS) is 12.8. The number of rotatable bonds is 16. The summed E-state index contributed by atoms with van der Waals surface area (Å²) >= 11 is 0. The Bertz CT molecular complexity index is 1000. The van der Waals surface area contributed by atoms with Gasteiger partial charge in [0.15, 0.2) is 0 Å². The van der Waals surface area contributed by atoms with Crippen LogP contribution in [0.2, 0.25) is 0 Å². The third-order valence-corrected chi connectivity index (χ3v) is 6.45. The molecule has 0 saturated carbocycles. The van der Waals surface area contributed by atoms with Gasteiger partial charge in [0.25, 0.3) is 0 Å². The Kier molecular flexibility index (Phi) is 15.5. The number of benzene rings is 1. The van der Waals surface area contributed by atoms with Gasteiger partial charge in [-0.05, 0) is 71.4 Å². The van der Waals surface area contributed by atoms with Gasteiger partial charge in [-0.2, -0.15) is 0 Å². The number of nitrogens with one attached hydrogen (secondary N) is 2. The van der Waals surface area contributed by atoms with E-state index in [-0.39, 0.29) is 37.3 Å². The van der Waals surface area contributed by atoms with E-state index in [9.17, 15) is 19.2 Å². The quantitative estimate of drug-likeness (QED) is 0.191. The largest absolute Gasteiger partial charge is 0.466 e. The molecule has 2 atom stereocenters. The Morgan fingerprint density at radius 1 is 1.00 bits per heavy atom. The highest BCUT2D eigenvalue weighted by Gasteiger charge is 2.37. The van der Waals surface area contributed by atoms with Crippen molar-refractivity contribution >= 4 is 23.9 Å². The lowest BCUT2D eigenvalue weighted by Crippen LogP contribution is -2.53. The second kappa shape index (κ2) is 17.7. The molecule has 0 aliphatic heterocycles. The third kappa shape index (κ3) is 13.4. The molecule has 0 aromatic heterocycles. The molecule has 0 aliphatic carbocycles. The summed E-state index contributed by atoms with van der Waals surface area (Å²) in [7, 11) is 0. The van der Waals surface area contributed by atoms with Gasteiger partial charge in [-0.25, -0.2) is 4.79 Å². The van der Waals surface area contributed by atoms with Crippen LogP contribution in [0, 0.1) is 19.8 Å². The minimum Gasteiger partial charge on any atom is -0.466 e. The van der Waals surface area contributed by atoms with Crippen molar-refractivity contribution in [1.29, 1.82) is 0 Å². The summed E-state index contributed by atoms with van der Waals surface area (Å²) in [6.45, 7) is 17.7. The zero-order chi connectivity index (χ0) is 31.2. The van der Waals surface area contributed by atoms with Crippen LogP contribution in [0.15, 0.2) is 18.2 Å². The lowest BCUT2D eigenvalue weighted by molar-refractivity contribution is -0.144. The number of nitrogens with zero attached hydrogens (tertiary/aromatic N) is 1. The summed E-state index contributed by atoms with van der Waals surface area (Å²) in [4.78, 5) is 54.4. The highest BCUT2D eigenvalue weighted by atomic mass is 16.6. The van der Waals surface area contributed by atoms with Gasteiger partial charge in [-0.15, -0.1) is 0 Å². The van der Waals surface area contributed by atoms with Crippen LogP contribution in [0.1, 0.15) is 110 Å². The van der Waals surface area contributed by atoms with Crippen molar-refractivity contribution in [2.24, 2.45) is 5.92 Å². The maximum atomic E-state index is 14.3. The van der Waals surface area contributed by atoms with Gasteiger partial charge in [0.1, 0.15) is 17.7 Å². The number of aryl methyl sites for hydroxylation is 2. The standard InChI is InChI=1S/C32H53N3O6/c1-10-12-13-14-19-35(30(38)26(20-22(3)4)34-31(39)41-32(7,8)9)28(25-16-15-23(5)21-24(25)6)29(37)33-18-17-27(36)40-11-2/h15-16,21-22,26,28H,10-14,17-20H2,1-9H3,(H,33,37)(H,34,39). The van der Waals surface area contributed by atoms with Crippen LogP contribution < -0.4 is 10.6 Å². The number of carbonyl (C=O) groups excluding carboxylic acids is 4. The molecule has 0 spiro atoms. The molecule has 9 nitrogen and oxygen atoms in total. The summed E-state index contributed by atoms with van der Waals surface area (Å²) in [5.74, 6) is -1.03. The van der Waals surface area contributed by atoms with Gasteiger partial charge in [0, 0.05) is 13.1 Å². The second-order valence-electron chi connectivity index (χ2n) is 12.0. The smallest absolute Gasteiger partial charge is 0.408 e. The van der Waals surface area contributed by atoms with Crippen LogP contribution in [0.5, 0.6) is 0 Å². The molecule has 41 heavy (non-hydrogen) atoms. The Hall–Kier alpha value is -3.10. The van der Waals surface area contributed by atoms with Crippen LogP contribution >= 0.6 is 0 Å². The number of carbonyl (C=O) groups is 4. The van der Waals surface area contributed by atoms with Crippen molar-refractivity contribution in [2.45, 2.75) is 119 Å². The summed E-state index contributed by atoms with van der Waals surface area (Å²) < 4.78 is 10.5. The van der Waals surface area contributed by atoms with Crippen LogP contribution in [0.4, 0.5) is 4.79 Å². The third-order valence-electron chi connectivity index (χ3n) is 6.45. The molecule has 0 fully saturated rings. The summed E-state index contributed by atoms with van der Waals surface area (Å²) in [5.41, 5.74) is 1.89. The SMILES string of the molecule is CCCCCCN(C(=O)C(CC(C)C)NC(=O)OC(C)(C)C)C(C(=O)NCCC(=O)OCC)c1ccc(C)cc1C. The molecular formula is C32H53N3O6. The van der Waals surface area contributed by atoms with Crippen LogP contribution in [0.3, 0.4) is 0 Å². The van der Waals surface area contributed by atoms with Gasteiger partial charge in [0.05, 0.1) is 13.0 Å². The fourth-order valence-corrected chi connectivity index (χ4v) is 4.62. The predicted octanol–water partition coefficient (Wildman–Crippen LogP) is 5.76. The number of hydrogen-bond acceptors (Lipinski definition) is 6. The first-order valence-corrected chi connectivity index (χ1v) is 15.0. The molecular weight excluding hydrogens is 522 g/mol. The number of amides is 3. The Morgan fingerprint density at radius 3 is 2.24 bits per heavy atom. The van der Waals surface area contributed by atoms with Crippen molar-refractivity contribution in [3.63, 3.8) is 0 Å². The minimum atomic E-state index is -0.943. The van der Waals surface area contributed by atoms with Crippen molar-refractivity contribution < 1.29 is 28.7 Å². The first-order valence-electron chi connectivity index (χ1n) is 15.0. The maximum Gasteiger partial charge on any atom is 0.408 e. The molecule has 0 aliphatic rings. The van der Waals surface area contributed by atoms with Crippen LogP contribution in [-0.2, 0) is 23.9 Å². The zero-order valence-corrected chi connectivity index (χ0v) is 26.7. The van der Waals surface area contributed by atoms with E-state index < -0.39 is 29.7 Å². The zero-order valence-electron chi connectivity index (χ0n) is 26.7. The van der Waals surface area contributed by atoms with Gasteiger partial charge < -0.3 is 25.0 Å². The Morgan fingerprint density at radius 2 is 1.68 bits per heavy atom. The molecule has 2 N–H and O–H groups in total. The predicted molar refractivity (Wildman–Crippen MR) is 161 cm³/mol. The molecule has 0 bridgehead atoms. The molecule has 1 aromatic rings. The van der Waals surface area contributed by atoms with E-state index in [0.717, 1.165) is 30.4 Å². The highest BCUT2D eigenvalue weighted by Crippen LogP contribution is 2.28. The molecule has 1 aromatic carbocycles. The minimum absolute atomic E-state index is 0.0276. The number of esters is 1. The number of unbranched alkanes of at least 4 members (excludes halogenated alkanes) is 3. The van der Waals surface area contributed by atoms with Gasteiger partial charge in [-0.1, -0.05) is 63.8 Å². The van der Waals surface area contributed by atoms with E-state index in [1.807, 2.05) is 45.9 Å². The molecule has 0 heterocycles. The van der Waals surface area contributed by atoms with Gasteiger partial charge in [-0.3, -0.25) is 14.4 Å². The molecule has 9 heteroatoms. The molecule has 3 amide bonds. The average Bonchev–Trinajstić information content (AvgIpc) is 2.84. The topological polar surface area (TPSA) is 114 Å². The Labute approximate surface area is 247 Å². The van der Waals surface area contributed by atoms with Gasteiger partial charge in [0.2, 0.25) is 11.8 Å². The lowest BCUT2D eigenvalue weighted by Gasteiger charge is -2.35. The molecule has 0 radical (unpaired) electrons. The van der Waals surface area contributed by atoms with E-state index in [1.54, 1.807) is 32.6 Å². The first kappa shape index (κ1) is 35.9. The summed E-state index contributed by atoms with van der Waals surface area (Å²) in [6.07, 6.45) is 3.38. The number of ether oxygens (including phenoxy) is 2. The molecule has 2 unspecified atom stereocenters. The van der Waals surface area contributed by atoms with Crippen LogP contribution in [-0.4, -0.2) is 60.1 Å². The van der Waals surface area contributed by atoms with E-state index in [4.69, 9.17) is 9.47 Å². The number of hydrogen-bond donors (Lipinski definition) is 2. The van der Waals surface area contributed by atoms with Crippen LogP contribution in [0.25, 0.3) is 0 Å². The van der Waals surface area contributed by atoms with Crippen molar-refractivity contribution in [1.82, 2.24) is 15.5 Å². The fraction of sp³-hybridized carbons (Fsp3) is 0.688.